The highest BCUT2D eigenvalue weighted by Gasteiger charge is 2.25. The molecule has 0 aliphatic carbocycles. The van der Waals surface area contributed by atoms with Crippen LogP contribution in [0.3, 0.4) is 0 Å². The number of carbonyl (C=O) groups is 1. The lowest BCUT2D eigenvalue weighted by molar-refractivity contribution is 0.0695. The van der Waals surface area contributed by atoms with Crippen molar-refractivity contribution < 1.29 is 14.3 Å². The monoisotopic (exact) mass is 475 g/mol. The van der Waals surface area contributed by atoms with Crippen LogP contribution in [0.1, 0.15) is 55.4 Å². The molecule has 1 aromatic heterocycles. The lowest BCUT2D eigenvalue weighted by Gasteiger charge is -2.33. The van der Waals surface area contributed by atoms with Crippen molar-refractivity contribution in [3.63, 3.8) is 0 Å². The zero-order chi connectivity index (χ0) is 24.2. The number of nitrogens with zero attached hydrogens (tertiary/aromatic N) is 3. The summed E-state index contributed by atoms with van der Waals surface area (Å²) in [5, 5.41) is 1.21. The molecule has 2 aromatic carbocycles. The Kier molecular flexibility index (Phi) is 7.28. The van der Waals surface area contributed by atoms with E-state index in [2.05, 4.69) is 46.9 Å². The van der Waals surface area contributed by atoms with Gasteiger partial charge in [-0.15, -0.1) is 0 Å². The van der Waals surface area contributed by atoms with Gasteiger partial charge in [0.2, 0.25) is 0 Å². The van der Waals surface area contributed by atoms with Crippen molar-refractivity contribution in [2.24, 2.45) is 0 Å². The van der Waals surface area contributed by atoms with E-state index in [1.54, 1.807) is 7.11 Å². The van der Waals surface area contributed by atoms with E-state index >= 15 is 0 Å². The normalized spacial score (nSPS) is 19.4. The molecule has 0 radical (unpaired) electrons. The Labute approximate surface area is 208 Å². The fraction of sp³-hybridized carbons (Fsp3) is 0.483. The smallest absolute Gasteiger partial charge is 0.253 e. The summed E-state index contributed by atoms with van der Waals surface area (Å²) in [6, 6.07) is 17.2. The Bertz CT molecular complexity index is 1150. The van der Waals surface area contributed by atoms with E-state index in [1.807, 2.05) is 29.2 Å². The van der Waals surface area contributed by atoms with Gasteiger partial charge in [0.1, 0.15) is 11.5 Å². The largest absolute Gasteiger partial charge is 0.497 e. The Morgan fingerprint density at radius 1 is 1.00 bits per heavy atom. The number of piperidine rings is 1. The number of amides is 1. The topological polar surface area (TPSA) is 46.9 Å². The van der Waals surface area contributed by atoms with Gasteiger partial charge in [-0.2, -0.15) is 0 Å². The van der Waals surface area contributed by atoms with E-state index in [9.17, 15) is 4.79 Å². The molecule has 3 aromatic rings. The maximum absolute atomic E-state index is 13.0. The molecule has 2 aliphatic heterocycles. The van der Waals surface area contributed by atoms with Gasteiger partial charge in [0.05, 0.1) is 13.7 Å². The summed E-state index contributed by atoms with van der Waals surface area (Å²) in [6.45, 7) is 6.96. The molecule has 35 heavy (non-hydrogen) atoms. The molecule has 6 nitrogen and oxygen atoms in total. The molecule has 3 heterocycles. The molecule has 2 aliphatic rings. The van der Waals surface area contributed by atoms with E-state index < -0.39 is 0 Å². The molecule has 0 saturated carbocycles. The summed E-state index contributed by atoms with van der Waals surface area (Å²) in [5.41, 5.74) is 1.93. The number of fused-ring (bicyclic) bond motifs is 1. The summed E-state index contributed by atoms with van der Waals surface area (Å²) in [4.78, 5) is 17.5. The molecule has 0 N–H and O–H groups in total. The number of rotatable bonds is 8. The minimum Gasteiger partial charge on any atom is -0.497 e. The highest BCUT2D eigenvalue weighted by atomic mass is 16.5. The molecular weight excluding hydrogens is 438 g/mol. The van der Waals surface area contributed by atoms with Gasteiger partial charge < -0.3 is 23.8 Å². The molecule has 1 amide bonds. The van der Waals surface area contributed by atoms with Crippen molar-refractivity contribution in [3.05, 3.63) is 60.3 Å². The number of ether oxygens (including phenoxy) is 2. The lowest BCUT2D eigenvalue weighted by Crippen LogP contribution is -2.39. The molecule has 6 heteroatoms. The summed E-state index contributed by atoms with van der Waals surface area (Å²) in [5.74, 6) is 1.75. The number of likely N-dealkylation sites (tertiary alicyclic amines) is 2. The van der Waals surface area contributed by atoms with Crippen molar-refractivity contribution in [2.75, 3.05) is 39.9 Å². The number of carbonyl (C=O) groups excluding carboxylic acids is 1. The van der Waals surface area contributed by atoms with Gasteiger partial charge in [0.25, 0.3) is 5.91 Å². The Hall–Kier alpha value is -2.99. The van der Waals surface area contributed by atoms with Crippen LogP contribution in [0.5, 0.6) is 11.5 Å². The van der Waals surface area contributed by atoms with Crippen LogP contribution >= 0.6 is 0 Å². The van der Waals surface area contributed by atoms with Gasteiger partial charge >= 0.3 is 0 Å². The van der Waals surface area contributed by atoms with E-state index in [1.165, 1.54) is 30.3 Å². The molecule has 186 valence electrons. The summed E-state index contributed by atoms with van der Waals surface area (Å²) in [6.07, 6.45) is 7.81. The number of methoxy groups -OCH3 is 1. The molecule has 2 fully saturated rings. The highest BCUT2D eigenvalue weighted by Crippen LogP contribution is 2.30. The van der Waals surface area contributed by atoms with Crippen molar-refractivity contribution >= 4 is 16.8 Å². The Morgan fingerprint density at radius 3 is 2.63 bits per heavy atom. The van der Waals surface area contributed by atoms with Gasteiger partial charge in [-0.05, 0) is 88.0 Å². The summed E-state index contributed by atoms with van der Waals surface area (Å²) < 4.78 is 13.7. The summed E-state index contributed by atoms with van der Waals surface area (Å²) >= 11 is 0. The van der Waals surface area contributed by atoms with Crippen LogP contribution in [0.25, 0.3) is 10.9 Å². The van der Waals surface area contributed by atoms with Crippen LogP contribution in [0.15, 0.2) is 54.7 Å². The molecule has 2 saturated heterocycles. The fourth-order valence-corrected chi connectivity index (χ4v) is 5.62. The first-order valence-corrected chi connectivity index (χ1v) is 13.0. The van der Waals surface area contributed by atoms with Crippen molar-refractivity contribution in [3.8, 4) is 11.5 Å². The van der Waals surface area contributed by atoms with E-state index in [-0.39, 0.29) is 5.91 Å². The van der Waals surface area contributed by atoms with E-state index in [4.69, 9.17) is 9.47 Å². The molecule has 0 spiro atoms. The van der Waals surface area contributed by atoms with Crippen LogP contribution in [0, 0.1) is 0 Å². The van der Waals surface area contributed by atoms with Crippen LogP contribution in [-0.4, -0.2) is 66.2 Å². The van der Waals surface area contributed by atoms with Gasteiger partial charge in [0.15, 0.2) is 0 Å². The fourth-order valence-electron chi connectivity index (χ4n) is 5.62. The van der Waals surface area contributed by atoms with Gasteiger partial charge in [-0.3, -0.25) is 4.79 Å². The predicted molar refractivity (Wildman–Crippen MR) is 139 cm³/mol. The van der Waals surface area contributed by atoms with Crippen LogP contribution in [-0.2, 0) is 0 Å². The second-order valence-corrected chi connectivity index (χ2v) is 9.93. The zero-order valence-corrected chi connectivity index (χ0v) is 21.0. The third-order valence-electron chi connectivity index (χ3n) is 7.70. The molecule has 0 unspecified atom stereocenters. The molecular formula is C29H37N3O3. The zero-order valence-electron chi connectivity index (χ0n) is 21.0. The Balaban J connectivity index is 1.15. The quantitative estimate of drug-likeness (QED) is 0.411. The average molecular weight is 476 g/mol. The minimum atomic E-state index is 0.0840. The third-order valence-corrected chi connectivity index (χ3v) is 7.70. The Morgan fingerprint density at radius 2 is 1.86 bits per heavy atom. The minimum absolute atomic E-state index is 0.0840. The first kappa shape index (κ1) is 23.7. The first-order valence-electron chi connectivity index (χ1n) is 13.0. The maximum atomic E-state index is 13.0. The second-order valence-electron chi connectivity index (χ2n) is 9.93. The first-order chi connectivity index (χ1) is 17.1. The van der Waals surface area contributed by atoms with E-state index in [0.717, 1.165) is 57.3 Å². The van der Waals surface area contributed by atoms with Crippen molar-refractivity contribution in [1.82, 2.24) is 14.4 Å². The van der Waals surface area contributed by atoms with Gasteiger partial charge in [-0.1, -0.05) is 6.07 Å². The third kappa shape index (κ3) is 5.32. The standard InChI is InChI=1S/C29H37N3O3/c1-22-6-4-14-30(22)15-5-19-35-27-9-10-28-23(20-27)11-18-32(28)25-12-16-31(17-13-25)29(33)24-7-3-8-26(21-24)34-2/h3,7-11,18,20-22,25H,4-6,12-17,19H2,1-2H3/t22-/m1/s1. The predicted octanol–water partition coefficient (Wildman–Crippen LogP) is 5.38. The number of hydrogen-bond acceptors (Lipinski definition) is 4. The highest BCUT2D eigenvalue weighted by molar-refractivity contribution is 5.94. The van der Waals surface area contributed by atoms with Crippen molar-refractivity contribution in [1.29, 1.82) is 0 Å². The van der Waals surface area contributed by atoms with Crippen LogP contribution in [0.4, 0.5) is 0 Å². The molecule has 5 rings (SSSR count). The SMILES string of the molecule is COc1cccc(C(=O)N2CCC(n3ccc4cc(OCCCN5CCC[C@H]5C)ccc43)CC2)c1. The summed E-state index contributed by atoms with van der Waals surface area (Å²) in [7, 11) is 1.63. The average Bonchev–Trinajstić information content (AvgIpc) is 3.51. The van der Waals surface area contributed by atoms with Gasteiger partial charge in [0, 0.05) is 54.4 Å². The van der Waals surface area contributed by atoms with Crippen molar-refractivity contribution in [2.45, 2.75) is 51.1 Å². The van der Waals surface area contributed by atoms with Crippen LogP contribution in [0.2, 0.25) is 0 Å². The maximum Gasteiger partial charge on any atom is 0.253 e. The molecule has 0 bridgehead atoms. The number of benzene rings is 2. The lowest BCUT2D eigenvalue weighted by atomic mass is 10.0. The molecule has 1 atom stereocenters. The van der Waals surface area contributed by atoms with Gasteiger partial charge in [-0.25, -0.2) is 0 Å². The number of aromatic nitrogens is 1. The second kappa shape index (κ2) is 10.7. The number of hydrogen-bond donors (Lipinski definition) is 0. The van der Waals surface area contributed by atoms with Crippen LogP contribution < -0.4 is 9.47 Å². The van der Waals surface area contributed by atoms with E-state index in [0.29, 0.717) is 17.4 Å².